The van der Waals surface area contributed by atoms with E-state index in [-0.39, 0.29) is 18.3 Å². The summed E-state index contributed by atoms with van der Waals surface area (Å²) in [4.78, 5) is 22.4. The molecule has 0 aliphatic rings. The van der Waals surface area contributed by atoms with E-state index in [0.29, 0.717) is 18.0 Å². The number of halogens is 1. The lowest BCUT2D eigenvalue weighted by atomic mass is 9.85. The Morgan fingerprint density at radius 1 is 0.976 bits per heavy atom. The van der Waals surface area contributed by atoms with Gasteiger partial charge in [-0.05, 0) is 62.7 Å². The van der Waals surface area contributed by atoms with E-state index in [1.54, 1.807) is 25.2 Å². The maximum absolute atomic E-state index is 14.4. The molecular weight excluding hydrogens is 521 g/mol. The van der Waals surface area contributed by atoms with Crippen LogP contribution in [0.25, 0.3) is 11.1 Å². The van der Waals surface area contributed by atoms with Gasteiger partial charge in [0.1, 0.15) is 25.0 Å². The maximum Gasteiger partial charge on any atom is 0.285 e. The number of amidine groups is 1. The van der Waals surface area contributed by atoms with Crippen molar-refractivity contribution in [2.75, 3.05) is 27.7 Å². The number of nitrogens with one attached hydrogen (secondary N) is 1. The standard InChI is InChI=1S/C31H40FN3O2.2CH2O/c1-22(24-15-17-26(18-16-24)25-13-11-23(12-14-25)21-35(5)6)31(2,3)37-30(33-4)34-29(19-20-36)27-9-7-8-10-28(27)32;2*1-2/h7-18,22,29,36H,19-21H2,1-6H3,(H,33,34);2*1H2/t22?,29-;;/m0../s1. The Labute approximate surface area is 244 Å². The third-order valence-corrected chi connectivity index (χ3v) is 6.80. The normalized spacial score (nSPS) is 12.8. The van der Waals surface area contributed by atoms with Gasteiger partial charge in [0.15, 0.2) is 0 Å². The van der Waals surface area contributed by atoms with Gasteiger partial charge in [0.25, 0.3) is 6.02 Å². The molecule has 0 radical (unpaired) electrons. The number of rotatable bonds is 10. The second-order valence-corrected chi connectivity index (χ2v) is 10.2. The molecule has 0 fully saturated rings. The molecule has 0 heterocycles. The summed E-state index contributed by atoms with van der Waals surface area (Å²) in [5, 5.41) is 12.7. The fourth-order valence-corrected chi connectivity index (χ4v) is 4.35. The summed E-state index contributed by atoms with van der Waals surface area (Å²) < 4.78 is 20.8. The van der Waals surface area contributed by atoms with E-state index in [1.807, 2.05) is 27.4 Å². The number of carbonyl (C=O) groups is 2. The number of benzene rings is 3. The van der Waals surface area contributed by atoms with Crippen LogP contribution in [-0.4, -0.2) is 63.0 Å². The molecule has 2 atom stereocenters. The molecule has 3 rings (SSSR count). The smallest absolute Gasteiger partial charge is 0.285 e. The lowest BCUT2D eigenvalue weighted by Crippen LogP contribution is -2.41. The Hall–Kier alpha value is -3.88. The first-order chi connectivity index (χ1) is 19.6. The number of hydrogen-bond donors (Lipinski definition) is 2. The second-order valence-electron chi connectivity index (χ2n) is 10.2. The number of ether oxygens (including phenoxy) is 1. The van der Waals surface area contributed by atoms with Crippen LogP contribution < -0.4 is 5.32 Å². The Bertz CT molecular complexity index is 1200. The van der Waals surface area contributed by atoms with Gasteiger partial charge < -0.3 is 29.6 Å². The quantitative estimate of drug-likeness (QED) is 0.239. The summed E-state index contributed by atoms with van der Waals surface area (Å²) >= 11 is 0. The van der Waals surface area contributed by atoms with E-state index >= 15 is 0 Å². The highest BCUT2D eigenvalue weighted by atomic mass is 19.1. The van der Waals surface area contributed by atoms with Gasteiger partial charge in [0.2, 0.25) is 0 Å². The van der Waals surface area contributed by atoms with Crippen LogP contribution in [-0.2, 0) is 20.9 Å². The van der Waals surface area contributed by atoms with Crippen molar-refractivity contribution in [1.29, 1.82) is 0 Å². The third kappa shape index (κ3) is 10.6. The van der Waals surface area contributed by atoms with E-state index in [2.05, 4.69) is 84.8 Å². The predicted octanol–water partition coefficient (Wildman–Crippen LogP) is 5.78. The van der Waals surface area contributed by atoms with Gasteiger partial charge in [-0.3, -0.25) is 0 Å². The molecule has 1 unspecified atom stereocenters. The molecule has 0 aliphatic carbocycles. The van der Waals surface area contributed by atoms with Gasteiger partial charge in [-0.25, -0.2) is 9.38 Å². The Kier molecular flexibility index (Phi) is 15.2. The van der Waals surface area contributed by atoms with E-state index in [0.717, 1.165) is 12.1 Å². The van der Waals surface area contributed by atoms with Gasteiger partial charge in [-0.15, -0.1) is 0 Å². The zero-order valence-electron chi connectivity index (χ0n) is 25.1. The molecule has 0 amide bonds. The van der Waals surface area contributed by atoms with Crippen molar-refractivity contribution in [2.24, 2.45) is 4.99 Å². The summed E-state index contributed by atoms with van der Waals surface area (Å²) in [6.07, 6.45) is 0.330. The number of aliphatic hydroxyl groups is 1. The molecule has 2 N–H and O–H groups in total. The Morgan fingerprint density at radius 2 is 1.51 bits per heavy atom. The van der Waals surface area contributed by atoms with Gasteiger partial charge in [0.05, 0.1) is 6.04 Å². The van der Waals surface area contributed by atoms with Crippen LogP contribution in [0.3, 0.4) is 0 Å². The van der Waals surface area contributed by atoms with Crippen molar-refractivity contribution in [3.8, 4) is 11.1 Å². The first-order valence-corrected chi connectivity index (χ1v) is 13.3. The van der Waals surface area contributed by atoms with Crippen LogP contribution in [0.4, 0.5) is 4.39 Å². The molecule has 3 aromatic carbocycles. The number of aliphatic imine (C=N–C) groups is 1. The van der Waals surface area contributed by atoms with Crippen LogP contribution in [0.2, 0.25) is 0 Å². The summed E-state index contributed by atoms with van der Waals surface area (Å²) in [5.74, 6) is -0.281. The van der Waals surface area contributed by atoms with Crippen LogP contribution in [0, 0.1) is 5.82 Å². The van der Waals surface area contributed by atoms with Crippen molar-refractivity contribution in [3.05, 3.63) is 95.3 Å². The summed E-state index contributed by atoms with van der Waals surface area (Å²) in [6.45, 7) is 11.0. The summed E-state index contributed by atoms with van der Waals surface area (Å²) in [6, 6.07) is 23.7. The monoisotopic (exact) mass is 565 g/mol. The third-order valence-electron chi connectivity index (χ3n) is 6.80. The van der Waals surface area contributed by atoms with Crippen molar-refractivity contribution in [2.45, 2.75) is 51.3 Å². The highest BCUT2D eigenvalue weighted by Crippen LogP contribution is 2.33. The molecule has 0 aromatic heterocycles. The molecule has 0 spiro atoms. The van der Waals surface area contributed by atoms with E-state index in [9.17, 15) is 9.50 Å². The van der Waals surface area contributed by atoms with Crippen molar-refractivity contribution >= 4 is 19.6 Å². The second kappa shape index (κ2) is 17.7. The minimum Gasteiger partial charge on any atom is -0.459 e. The number of aliphatic hydroxyl groups excluding tert-OH is 1. The molecule has 3 aromatic rings. The molecule has 41 heavy (non-hydrogen) atoms. The topological polar surface area (TPSA) is 91.2 Å². The first-order valence-electron chi connectivity index (χ1n) is 13.3. The van der Waals surface area contributed by atoms with Gasteiger partial charge in [-0.1, -0.05) is 73.7 Å². The fourth-order valence-electron chi connectivity index (χ4n) is 4.35. The van der Waals surface area contributed by atoms with Crippen LogP contribution in [0.1, 0.15) is 55.8 Å². The van der Waals surface area contributed by atoms with Gasteiger partial charge in [-0.2, -0.15) is 0 Å². The first kappa shape index (κ1) is 35.1. The van der Waals surface area contributed by atoms with Crippen molar-refractivity contribution in [1.82, 2.24) is 10.2 Å². The molecule has 0 saturated heterocycles. The minimum absolute atomic E-state index is 0.0484. The number of hydrogen-bond acceptors (Lipinski definition) is 6. The maximum atomic E-state index is 14.4. The summed E-state index contributed by atoms with van der Waals surface area (Å²) in [7, 11) is 5.78. The average molecular weight is 566 g/mol. The summed E-state index contributed by atoms with van der Waals surface area (Å²) in [5.41, 5.74) is 4.66. The average Bonchev–Trinajstić information content (AvgIpc) is 2.98. The fraction of sp³-hybridized carbons (Fsp3) is 0.364. The SMILES string of the molecule is C=O.C=O.CN=C(N[C@@H](CCO)c1ccccc1F)OC(C)(C)C(C)c1ccc(-c2ccc(CN(C)C)cc2)cc1. The molecule has 0 bridgehead atoms. The van der Waals surface area contributed by atoms with Gasteiger partial charge >= 0.3 is 0 Å². The predicted molar refractivity (Wildman–Crippen MR) is 164 cm³/mol. The Morgan fingerprint density at radius 3 is 2.00 bits per heavy atom. The van der Waals surface area contributed by atoms with Crippen LogP contribution in [0.15, 0.2) is 77.8 Å². The zero-order valence-corrected chi connectivity index (χ0v) is 25.1. The van der Waals surface area contributed by atoms with Crippen LogP contribution >= 0.6 is 0 Å². The van der Waals surface area contributed by atoms with Gasteiger partial charge in [0, 0.05) is 31.7 Å². The van der Waals surface area contributed by atoms with Crippen molar-refractivity contribution < 1.29 is 23.8 Å². The van der Waals surface area contributed by atoms with Crippen LogP contribution in [0.5, 0.6) is 0 Å². The molecule has 0 aliphatic heterocycles. The largest absolute Gasteiger partial charge is 0.459 e. The van der Waals surface area contributed by atoms with Crippen molar-refractivity contribution in [3.63, 3.8) is 0 Å². The van der Waals surface area contributed by atoms with E-state index in [4.69, 9.17) is 14.3 Å². The lowest BCUT2D eigenvalue weighted by molar-refractivity contribution is -0.0987. The lowest BCUT2D eigenvalue weighted by Gasteiger charge is -2.34. The number of carbonyl (C=O) groups excluding carboxylic acids is 2. The molecule has 222 valence electrons. The zero-order chi connectivity index (χ0) is 31.0. The minimum atomic E-state index is -0.601. The molecule has 0 saturated carbocycles. The molecule has 7 nitrogen and oxygen atoms in total. The molecule has 8 heteroatoms. The molecular formula is C33H44FN3O4. The highest BCUT2D eigenvalue weighted by molar-refractivity contribution is 5.74. The van der Waals surface area contributed by atoms with E-state index in [1.165, 1.54) is 22.8 Å². The Balaban J connectivity index is 0.00000201. The van der Waals surface area contributed by atoms with E-state index < -0.39 is 11.6 Å². The highest BCUT2D eigenvalue weighted by Gasteiger charge is 2.31. The number of nitrogens with zero attached hydrogens (tertiary/aromatic N) is 2.